The first-order chi connectivity index (χ1) is 11.6. The van der Waals surface area contributed by atoms with Crippen LogP contribution in [0.1, 0.15) is 25.0 Å². The van der Waals surface area contributed by atoms with Gasteiger partial charge < -0.3 is 9.64 Å². The molecule has 2 aromatic carbocycles. The van der Waals surface area contributed by atoms with E-state index in [2.05, 4.69) is 12.1 Å². The van der Waals surface area contributed by atoms with Gasteiger partial charge in [-0.05, 0) is 37.1 Å². The molecule has 0 aliphatic heterocycles. The highest BCUT2D eigenvalue weighted by Gasteiger charge is 2.18. The monoisotopic (exact) mass is 343 g/mol. The molecule has 1 amide bonds. The van der Waals surface area contributed by atoms with Crippen LogP contribution in [0.15, 0.2) is 54.6 Å². The number of amides is 1. The summed E-state index contributed by atoms with van der Waals surface area (Å²) < 4.78 is 5.44. The van der Waals surface area contributed by atoms with E-state index >= 15 is 0 Å². The lowest BCUT2D eigenvalue weighted by molar-refractivity contribution is -0.129. The summed E-state index contributed by atoms with van der Waals surface area (Å²) in [6, 6.07) is 18.2. The number of rotatable bonds is 8. The number of ether oxygens (including phenoxy) is 1. The van der Waals surface area contributed by atoms with Gasteiger partial charge in [-0.15, -0.1) is 11.8 Å². The maximum atomic E-state index is 12.5. The van der Waals surface area contributed by atoms with Gasteiger partial charge in [0.1, 0.15) is 5.75 Å². The summed E-state index contributed by atoms with van der Waals surface area (Å²) in [6.45, 7) is 5.22. The van der Waals surface area contributed by atoms with Crippen molar-refractivity contribution in [2.24, 2.45) is 0 Å². The Morgan fingerprint density at radius 3 is 2.38 bits per heavy atom. The van der Waals surface area contributed by atoms with Crippen molar-refractivity contribution in [2.75, 3.05) is 13.7 Å². The Balaban J connectivity index is 1.84. The van der Waals surface area contributed by atoms with Gasteiger partial charge in [0, 0.05) is 19.3 Å². The smallest absolute Gasteiger partial charge is 0.235 e. The third-order valence-corrected chi connectivity index (χ3v) is 4.92. The predicted octanol–water partition coefficient (Wildman–Crippen LogP) is 4.37. The van der Waals surface area contributed by atoms with E-state index in [0.717, 1.165) is 17.1 Å². The molecule has 0 heterocycles. The van der Waals surface area contributed by atoms with Gasteiger partial charge >= 0.3 is 0 Å². The molecule has 2 rings (SSSR count). The maximum Gasteiger partial charge on any atom is 0.235 e. The highest BCUT2D eigenvalue weighted by molar-refractivity contribution is 7.99. The van der Waals surface area contributed by atoms with E-state index in [-0.39, 0.29) is 11.2 Å². The van der Waals surface area contributed by atoms with E-state index < -0.39 is 0 Å². The summed E-state index contributed by atoms with van der Waals surface area (Å²) in [5.41, 5.74) is 2.35. The Kier molecular flexibility index (Phi) is 7.19. The first kappa shape index (κ1) is 18.4. The van der Waals surface area contributed by atoms with Crippen LogP contribution in [0.25, 0.3) is 0 Å². The van der Waals surface area contributed by atoms with Crippen molar-refractivity contribution in [1.29, 1.82) is 0 Å². The average Bonchev–Trinajstić information content (AvgIpc) is 2.61. The zero-order valence-corrected chi connectivity index (χ0v) is 15.4. The molecule has 0 aromatic heterocycles. The molecule has 0 aliphatic rings. The molecule has 2 aromatic rings. The lowest BCUT2D eigenvalue weighted by Crippen LogP contribution is -2.32. The fourth-order valence-electron chi connectivity index (χ4n) is 2.39. The minimum atomic E-state index is -0.0575. The molecule has 0 fully saturated rings. The van der Waals surface area contributed by atoms with E-state index in [4.69, 9.17) is 4.74 Å². The first-order valence-electron chi connectivity index (χ1n) is 8.22. The number of thioether (sulfide) groups is 1. The van der Waals surface area contributed by atoms with Crippen LogP contribution in [0.2, 0.25) is 0 Å². The Morgan fingerprint density at radius 1 is 1.08 bits per heavy atom. The molecule has 0 saturated heterocycles. The highest BCUT2D eigenvalue weighted by Crippen LogP contribution is 2.20. The maximum absolute atomic E-state index is 12.5. The Bertz CT molecular complexity index is 628. The number of hydrogen-bond donors (Lipinski definition) is 0. The van der Waals surface area contributed by atoms with Gasteiger partial charge in [-0.25, -0.2) is 0 Å². The van der Waals surface area contributed by atoms with Crippen LogP contribution < -0.4 is 4.74 Å². The van der Waals surface area contributed by atoms with Gasteiger partial charge in [-0.1, -0.05) is 42.5 Å². The number of carbonyl (C=O) groups excluding carboxylic acids is 1. The normalized spacial score (nSPS) is 11.8. The highest BCUT2D eigenvalue weighted by atomic mass is 32.2. The number of benzene rings is 2. The lowest BCUT2D eigenvalue weighted by Gasteiger charge is -2.21. The van der Waals surface area contributed by atoms with Crippen molar-refractivity contribution < 1.29 is 9.53 Å². The molecule has 4 heteroatoms. The molecule has 1 atom stereocenters. The van der Waals surface area contributed by atoms with Crippen LogP contribution in [0.4, 0.5) is 0 Å². The predicted molar refractivity (Wildman–Crippen MR) is 101 cm³/mol. The molecule has 0 aliphatic carbocycles. The molecular weight excluding hydrogens is 318 g/mol. The topological polar surface area (TPSA) is 29.5 Å². The molecule has 0 N–H and O–H groups in total. The van der Waals surface area contributed by atoms with Crippen molar-refractivity contribution in [2.45, 2.75) is 31.4 Å². The average molecular weight is 343 g/mol. The standard InChI is InChI=1S/C20H25NO2S/c1-4-23-19-12-10-17(11-13-19)14-21(3)20(22)16(2)24-15-18-8-6-5-7-9-18/h5-13,16H,4,14-15H2,1-3H3. The van der Waals surface area contributed by atoms with Crippen LogP contribution in [-0.4, -0.2) is 29.7 Å². The van der Waals surface area contributed by atoms with Gasteiger partial charge in [0.2, 0.25) is 5.91 Å². The first-order valence-corrected chi connectivity index (χ1v) is 9.27. The molecule has 1 unspecified atom stereocenters. The SMILES string of the molecule is CCOc1ccc(CN(C)C(=O)C(C)SCc2ccccc2)cc1. The summed E-state index contributed by atoms with van der Waals surface area (Å²) in [6.07, 6.45) is 0. The van der Waals surface area contributed by atoms with E-state index in [1.807, 2.05) is 63.4 Å². The molecule has 128 valence electrons. The Labute approximate surface area is 149 Å². The molecule has 0 bridgehead atoms. The van der Waals surface area contributed by atoms with Crippen molar-refractivity contribution >= 4 is 17.7 Å². The van der Waals surface area contributed by atoms with E-state index in [0.29, 0.717) is 13.2 Å². The quantitative estimate of drug-likeness (QED) is 0.713. The van der Waals surface area contributed by atoms with Crippen molar-refractivity contribution in [3.63, 3.8) is 0 Å². The van der Waals surface area contributed by atoms with Crippen LogP contribution in [-0.2, 0) is 17.1 Å². The van der Waals surface area contributed by atoms with Crippen LogP contribution >= 0.6 is 11.8 Å². The largest absolute Gasteiger partial charge is 0.494 e. The number of hydrogen-bond acceptors (Lipinski definition) is 3. The molecule has 0 saturated carbocycles. The molecule has 0 radical (unpaired) electrons. The summed E-state index contributed by atoms with van der Waals surface area (Å²) in [7, 11) is 1.86. The Morgan fingerprint density at radius 2 is 1.75 bits per heavy atom. The van der Waals surface area contributed by atoms with Gasteiger partial charge in [0.15, 0.2) is 0 Å². The third kappa shape index (κ3) is 5.60. The minimum absolute atomic E-state index is 0.0575. The Hall–Kier alpha value is -1.94. The van der Waals surface area contributed by atoms with Gasteiger partial charge in [0.25, 0.3) is 0 Å². The zero-order valence-electron chi connectivity index (χ0n) is 14.6. The zero-order chi connectivity index (χ0) is 17.4. The van der Waals surface area contributed by atoms with Crippen molar-refractivity contribution in [3.05, 3.63) is 65.7 Å². The van der Waals surface area contributed by atoms with Gasteiger partial charge in [-0.3, -0.25) is 4.79 Å². The molecule has 24 heavy (non-hydrogen) atoms. The number of nitrogens with zero attached hydrogens (tertiary/aromatic N) is 1. The summed E-state index contributed by atoms with van der Waals surface area (Å²) in [4.78, 5) is 14.3. The molecule has 3 nitrogen and oxygen atoms in total. The minimum Gasteiger partial charge on any atom is -0.494 e. The lowest BCUT2D eigenvalue weighted by atomic mass is 10.2. The van der Waals surface area contributed by atoms with E-state index in [1.165, 1.54) is 5.56 Å². The van der Waals surface area contributed by atoms with Crippen LogP contribution in [0.3, 0.4) is 0 Å². The second kappa shape index (κ2) is 9.38. The van der Waals surface area contributed by atoms with E-state index in [1.54, 1.807) is 16.7 Å². The summed E-state index contributed by atoms with van der Waals surface area (Å²) in [5, 5.41) is -0.0575. The van der Waals surface area contributed by atoms with Crippen LogP contribution in [0, 0.1) is 0 Å². The number of carbonyl (C=O) groups is 1. The van der Waals surface area contributed by atoms with Crippen molar-refractivity contribution in [3.8, 4) is 5.75 Å². The van der Waals surface area contributed by atoms with E-state index in [9.17, 15) is 4.79 Å². The van der Waals surface area contributed by atoms with Gasteiger partial charge in [-0.2, -0.15) is 0 Å². The third-order valence-electron chi connectivity index (χ3n) is 3.72. The van der Waals surface area contributed by atoms with Gasteiger partial charge in [0.05, 0.1) is 11.9 Å². The molecular formula is C20H25NO2S. The van der Waals surface area contributed by atoms with Crippen molar-refractivity contribution in [1.82, 2.24) is 4.90 Å². The second-order valence-electron chi connectivity index (χ2n) is 5.71. The fourth-order valence-corrected chi connectivity index (χ4v) is 3.34. The second-order valence-corrected chi connectivity index (χ2v) is 7.04. The molecule has 0 spiro atoms. The fraction of sp³-hybridized carbons (Fsp3) is 0.350. The summed E-state index contributed by atoms with van der Waals surface area (Å²) in [5.74, 6) is 1.87. The summed E-state index contributed by atoms with van der Waals surface area (Å²) >= 11 is 1.67. The van der Waals surface area contributed by atoms with Crippen LogP contribution in [0.5, 0.6) is 5.75 Å².